The first kappa shape index (κ1) is 15.1. The Bertz CT molecular complexity index is 451. The van der Waals surface area contributed by atoms with Crippen LogP contribution in [0.1, 0.15) is 27.7 Å². The van der Waals surface area contributed by atoms with Gasteiger partial charge >= 0.3 is 6.09 Å². The fraction of sp³-hybridized carbons (Fsp3) is 0.429. The molecule has 0 saturated carbocycles. The molecular formula is C14H18FNO3. The molecule has 1 amide bonds. The van der Waals surface area contributed by atoms with Crippen molar-refractivity contribution < 1.29 is 18.7 Å². The van der Waals surface area contributed by atoms with Crippen molar-refractivity contribution in [1.29, 1.82) is 0 Å². The number of benzene rings is 1. The normalized spacial score (nSPS) is 12.7. The molecule has 0 N–H and O–H groups in total. The minimum atomic E-state index is -0.694. The van der Waals surface area contributed by atoms with Crippen molar-refractivity contribution in [3.63, 3.8) is 0 Å². The Morgan fingerprint density at radius 1 is 1.32 bits per heavy atom. The first-order valence-corrected chi connectivity index (χ1v) is 5.97. The smallest absolute Gasteiger partial charge is 0.415 e. The second-order valence-corrected chi connectivity index (χ2v) is 5.20. The molecule has 0 aliphatic rings. The van der Waals surface area contributed by atoms with Crippen LogP contribution in [0.15, 0.2) is 24.3 Å². The average Bonchev–Trinajstić information content (AvgIpc) is 2.29. The second-order valence-electron chi connectivity index (χ2n) is 5.20. The van der Waals surface area contributed by atoms with Crippen molar-refractivity contribution in [2.45, 2.75) is 39.3 Å². The van der Waals surface area contributed by atoms with Crippen LogP contribution in [0, 0.1) is 5.82 Å². The lowest BCUT2D eigenvalue weighted by atomic mass is 10.2. The first-order chi connectivity index (χ1) is 8.74. The molecule has 104 valence electrons. The first-order valence-electron chi connectivity index (χ1n) is 5.97. The predicted molar refractivity (Wildman–Crippen MR) is 70.6 cm³/mol. The number of hydrogen-bond acceptors (Lipinski definition) is 3. The van der Waals surface area contributed by atoms with Gasteiger partial charge in [-0.05, 0) is 52.0 Å². The molecule has 0 heterocycles. The van der Waals surface area contributed by atoms with Crippen molar-refractivity contribution in [1.82, 2.24) is 0 Å². The van der Waals surface area contributed by atoms with Crippen LogP contribution in [0.25, 0.3) is 0 Å². The topological polar surface area (TPSA) is 46.6 Å². The van der Waals surface area contributed by atoms with Gasteiger partial charge in [0.15, 0.2) is 0 Å². The number of nitrogens with zero attached hydrogens (tertiary/aromatic N) is 1. The fourth-order valence-corrected chi connectivity index (χ4v) is 1.48. The number of aldehydes is 1. The summed E-state index contributed by atoms with van der Waals surface area (Å²) in [5.74, 6) is -0.411. The number of ether oxygens (including phenoxy) is 1. The van der Waals surface area contributed by atoms with Gasteiger partial charge in [0.1, 0.15) is 17.7 Å². The van der Waals surface area contributed by atoms with Crippen molar-refractivity contribution in [2.24, 2.45) is 0 Å². The second kappa shape index (κ2) is 5.82. The molecular weight excluding hydrogens is 249 g/mol. The number of carbonyl (C=O) groups excluding carboxylic acids is 2. The van der Waals surface area contributed by atoms with Crippen molar-refractivity contribution in [2.75, 3.05) is 4.90 Å². The summed E-state index contributed by atoms with van der Waals surface area (Å²) in [5, 5.41) is 0. The van der Waals surface area contributed by atoms with Gasteiger partial charge in [-0.3, -0.25) is 4.90 Å². The maximum Gasteiger partial charge on any atom is 0.415 e. The molecule has 19 heavy (non-hydrogen) atoms. The van der Waals surface area contributed by atoms with Gasteiger partial charge in [0, 0.05) is 5.69 Å². The quantitative estimate of drug-likeness (QED) is 0.790. The predicted octanol–water partition coefficient (Wildman–Crippen LogP) is 3.15. The average molecular weight is 267 g/mol. The molecule has 1 rings (SSSR count). The molecule has 0 unspecified atom stereocenters. The lowest BCUT2D eigenvalue weighted by Gasteiger charge is -2.29. The van der Waals surface area contributed by atoms with Crippen molar-refractivity contribution in [3.05, 3.63) is 30.1 Å². The van der Waals surface area contributed by atoms with Crippen LogP contribution in [-0.4, -0.2) is 24.0 Å². The molecule has 0 fully saturated rings. The molecule has 0 saturated heterocycles. The Morgan fingerprint density at radius 2 is 1.84 bits per heavy atom. The van der Waals surface area contributed by atoms with Crippen LogP contribution < -0.4 is 4.90 Å². The maximum absolute atomic E-state index is 12.9. The zero-order valence-corrected chi connectivity index (χ0v) is 11.5. The zero-order chi connectivity index (χ0) is 14.6. The summed E-state index contributed by atoms with van der Waals surface area (Å²) in [7, 11) is 0. The largest absolute Gasteiger partial charge is 0.443 e. The summed E-state index contributed by atoms with van der Waals surface area (Å²) in [6, 6.07) is 4.62. The van der Waals surface area contributed by atoms with Crippen LogP contribution in [0.4, 0.5) is 14.9 Å². The van der Waals surface area contributed by atoms with E-state index in [1.807, 2.05) is 0 Å². The number of anilines is 1. The number of carbonyl (C=O) groups is 2. The molecule has 5 heteroatoms. The summed E-state index contributed by atoms with van der Waals surface area (Å²) in [6.07, 6.45) is -0.00787. The Balaban J connectivity index is 3.05. The molecule has 1 atom stereocenters. The minimum absolute atomic E-state index is 0.411. The lowest BCUT2D eigenvalue weighted by Crippen LogP contribution is -2.43. The third-order valence-electron chi connectivity index (χ3n) is 2.30. The van der Waals surface area contributed by atoms with Crippen LogP contribution in [0.3, 0.4) is 0 Å². The van der Waals surface area contributed by atoms with Crippen LogP contribution in [0.2, 0.25) is 0 Å². The summed E-state index contributed by atoms with van der Waals surface area (Å²) < 4.78 is 18.1. The van der Waals surface area contributed by atoms with E-state index in [-0.39, 0.29) is 0 Å². The van der Waals surface area contributed by atoms with E-state index in [4.69, 9.17) is 4.74 Å². The number of amides is 1. The van der Waals surface area contributed by atoms with Gasteiger partial charge in [0.05, 0.1) is 6.04 Å². The van der Waals surface area contributed by atoms with Crippen LogP contribution >= 0.6 is 0 Å². The van der Waals surface area contributed by atoms with E-state index >= 15 is 0 Å². The van der Waals surface area contributed by atoms with Crippen LogP contribution in [-0.2, 0) is 9.53 Å². The SMILES string of the molecule is C[C@@H](C=O)N(C(=O)OC(C)(C)C)c1ccc(F)cc1. The molecule has 1 aromatic rings. The third-order valence-corrected chi connectivity index (χ3v) is 2.30. The van der Waals surface area contributed by atoms with Gasteiger partial charge in [-0.2, -0.15) is 0 Å². The Kier molecular flexibility index (Phi) is 4.64. The molecule has 0 aliphatic carbocycles. The highest BCUT2D eigenvalue weighted by Gasteiger charge is 2.27. The number of hydrogen-bond donors (Lipinski definition) is 0. The zero-order valence-electron chi connectivity index (χ0n) is 11.5. The molecule has 0 spiro atoms. The highest BCUT2D eigenvalue weighted by Crippen LogP contribution is 2.20. The maximum atomic E-state index is 12.9. The number of halogens is 1. The molecule has 0 radical (unpaired) electrons. The fourth-order valence-electron chi connectivity index (χ4n) is 1.48. The monoisotopic (exact) mass is 267 g/mol. The third kappa shape index (κ3) is 4.35. The van der Waals surface area contributed by atoms with E-state index in [0.29, 0.717) is 12.0 Å². The van der Waals surface area contributed by atoms with Crippen LogP contribution in [0.5, 0.6) is 0 Å². The Hall–Kier alpha value is -1.91. The highest BCUT2D eigenvalue weighted by molar-refractivity contribution is 5.92. The van der Waals surface area contributed by atoms with Crippen molar-refractivity contribution in [3.8, 4) is 0 Å². The molecule has 0 aromatic heterocycles. The lowest BCUT2D eigenvalue weighted by molar-refractivity contribution is -0.108. The molecule has 0 bridgehead atoms. The molecule has 4 nitrogen and oxygen atoms in total. The highest BCUT2D eigenvalue weighted by atomic mass is 19.1. The summed E-state index contributed by atoms with van der Waals surface area (Å²) in [4.78, 5) is 24.2. The summed E-state index contributed by atoms with van der Waals surface area (Å²) in [5.41, 5.74) is -0.256. The van der Waals surface area contributed by atoms with E-state index in [9.17, 15) is 14.0 Å². The molecule has 0 aliphatic heterocycles. The standard InChI is InChI=1S/C14H18FNO3/c1-10(9-17)16(13(18)19-14(2,3)4)12-7-5-11(15)6-8-12/h5-10H,1-4H3/t10-/m0/s1. The van der Waals surface area contributed by atoms with E-state index in [1.54, 1.807) is 27.7 Å². The molecule has 1 aromatic carbocycles. The minimum Gasteiger partial charge on any atom is -0.443 e. The summed E-state index contributed by atoms with van der Waals surface area (Å²) in [6.45, 7) is 6.78. The van der Waals surface area contributed by atoms with Gasteiger partial charge in [0.25, 0.3) is 0 Å². The van der Waals surface area contributed by atoms with Gasteiger partial charge < -0.3 is 9.53 Å². The van der Waals surface area contributed by atoms with Gasteiger partial charge in [-0.1, -0.05) is 0 Å². The van der Waals surface area contributed by atoms with Crippen molar-refractivity contribution >= 4 is 18.1 Å². The van der Waals surface area contributed by atoms with Gasteiger partial charge in [-0.15, -0.1) is 0 Å². The van der Waals surface area contributed by atoms with E-state index in [2.05, 4.69) is 0 Å². The number of rotatable bonds is 3. The van der Waals surface area contributed by atoms with Gasteiger partial charge in [-0.25, -0.2) is 9.18 Å². The Labute approximate surface area is 112 Å². The van der Waals surface area contributed by atoms with E-state index < -0.39 is 23.6 Å². The van der Waals surface area contributed by atoms with E-state index in [0.717, 1.165) is 0 Å². The summed E-state index contributed by atoms with van der Waals surface area (Å²) >= 11 is 0. The van der Waals surface area contributed by atoms with E-state index in [1.165, 1.54) is 29.2 Å². The Morgan fingerprint density at radius 3 is 2.26 bits per heavy atom. The van der Waals surface area contributed by atoms with Gasteiger partial charge in [0.2, 0.25) is 0 Å².